The van der Waals surface area contributed by atoms with Crippen LogP contribution in [0.25, 0.3) is 16.8 Å². The van der Waals surface area contributed by atoms with Crippen molar-refractivity contribution < 1.29 is 0 Å². The Balaban J connectivity index is 1.82. The Hall–Kier alpha value is -1.97. The van der Waals surface area contributed by atoms with Gasteiger partial charge in [0.05, 0.1) is 22.6 Å². The summed E-state index contributed by atoms with van der Waals surface area (Å²) in [5.41, 5.74) is 10.2. The highest BCUT2D eigenvalue weighted by Crippen LogP contribution is 2.34. The first-order valence-electron chi connectivity index (χ1n) is 10.6. The number of aromatic nitrogens is 5. The number of halogens is 1. The largest absolute Gasteiger partial charge is 0.383 e. The number of hydrogen-bond acceptors (Lipinski definition) is 6. The van der Waals surface area contributed by atoms with Crippen LogP contribution in [0.3, 0.4) is 0 Å². The number of nitrogens with two attached hydrogens (primary N) is 1. The Morgan fingerprint density at radius 2 is 1.67 bits per heavy atom. The van der Waals surface area contributed by atoms with Crippen LogP contribution in [-0.2, 0) is 7.05 Å². The highest BCUT2D eigenvalue weighted by Gasteiger charge is 2.30. The topological polar surface area (TPSA) is 80.5 Å². The third-order valence-electron chi connectivity index (χ3n) is 6.10. The zero-order chi connectivity index (χ0) is 21.6. The molecular weight excluding hydrogens is 444 g/mol. The van der Waals surface area contributed by atoms with E-state index in [0.29, 0.717) is 17.9 Å². The van der Waals surface area contributed by atoms with E-state index < -0.39 is 0 Å². The zero-order valence-electron chi connectivity index (χ0n) is 18.4. The molecule has 1 saturated heterocycles. The van der Waals surface area contributed by atoms with E-state index in [-0.39, 0.29) is 5.92 Å². The average molecular weight is 475 g/mol. The van der Waals surface area contributed by atoms with Gasteiger partial charge in [-0.1, -0.05) is 0 Å². The van der Waals surface area contributed by atoms with Crippen LogP contribution >= 0.6 is 15.9 Å². The van der Waals surface area contributed by atoms with Crippen LogP contribution in [0, 0.1) is 0 Å². The molecule has 0 unspecified atom stereocenters. The molecule has 0 atom stereocenters. The molecule has 0 radical (unpaired) electrons. The summed E-state index contributed by atoms with van der Waals surface area (Å²) < 4.78 is 4.34. The second-order valence-corrected chi connectivity index (χ2v) is 9.56. The number of hydrogen-bond donors (Lipinski definition) is 1. The van der Waals surface area contributed by atoms with Crippen molar-refractivity contribution in [2.75, 3.05) is 31.9 Å². The van der Waals surface area contributed by atoms with Crippen LogP contribution in [0.2, 0.25) is 0 Å². The van der Waals surface area contributed by atoms with Crippen LogP contribution in [0.1, 0.15) is 39.3 Å². The van der Waals surface area contributed by atoms with Gasteiger partial charge < -0.3 is 5.73 Å². The second kappa shape index (κ2) is 8.28. The van der Waals surface area contributed by atoms with Crippen molar-refractivity contribution in [1.82, 2.24) is 34.2 Å². The lowest BCUT2D eigenvalue weighted by atomic mass is 10.0. The maximum Gasteiger partial charge on any atom is 0.165 e. The number of nitrogen functional groups attached to an aromatic ring is 1. The fourth-order valence-corrected chi connectivity index (χ4v) is 4.80. The average Bonchev–Trinajstić information content (AvgIpc) is 3.23. The van der Waals surface area contributed by atoms with Gasteiger partial charge in [-0.25, -0.2) is 4.98 Å². The molecule has 30 heavy (non-hydrogen) atoms. The molecular formula is C21H31BrN8. The first-order chi connectivity index (χ1) is 14.3. The number of aryl methyl sites for hydroxylation is 1. The van der Waals surface area contributed by atoms with Gasteiger partial charge >= 0.3 is 0 Å². The maximum atomic E-state index is 6.52. The Morgan fingerprint density at radius 3 is 2.20 bits per heavy atom. The zero-order valence-corrected chi connectivity index (χ0v) is 20.0. The summed E-state index contributed by atoms with van der Waals surface area (Å²) >= 11 is 3.74. The lowest BCUT2D eigenvalue weighted by molar-refractivity contribution is 0.202. The molecule has 0 spiro atoms. The Labute approximate surface area is 186 Å². The van der Waals surface area contributed by atoms with Gasteiger partial charge in [-0.15, -0.1) is 0 Å². The number of nitrogens with zero attached hydrogens (tertiary/aromatic N) is 7. The van der Waals surface area contributed by atoms with Crippen molar-refractivity contribution >= 4 is 27.4 Å². The number of fused-ring (bicyclic) bond motifs is 1. The van der Waals surface area contributed by atoms with Gasteiger partial charge in [0.15, 0.2) is 5.65 Å². The molecule has 4 heterocycles. The van der Waals surface area contributed by atoms with Crippen molar-refractivity contribution in [2.45, 2.75) is 45.7 Å². The van der Waals surface area contributed by atoms with Crippen LogP contribution in [-0.4, -0.2) is 72.4 Å². The molecule has 2 N–H and O–H groups in total. The van der Waals surface area contributed by atoms with Crippen LogP contribution in [0.15, 0.2) is 23.1 Å². The van der Waals surface area contributed by atoms with E-state index in [1.807, 2.05) is 25.6 Å². The first kappa shape index (κ1) is 21.3. The highest BCUT2D eigenvalue weighted by molar-refractivity contribution is 9.10. The van der Waals surface area contributed by atoms with Crippen molar-refractivity contribution in [1.29, 1.82) is 0 Å². The van der Waals surface area contributed by atoms with Crippen molar-refractivity contribution in [2.24, 2.45) is 7.05 Å². The Morgan fingerprint density at radius 1 is 1.03 bits per heavy atom. The fourth-order valence-electron chi connectivity index (χ4n) is 4.22. The summed E-state index contributed by atoms with van der Waals surface area (Å²) in [5, 5.41) is 8.80. The summed E-state index contributed by atoms with van der Waals surface area (Å²) in [5.74, 6) is 0.831. The van der Waals surface area contributed by atoms with E-state index in [9.17, 15) is 0 Å². The summed E-state index contributed by atoms with van der Waals surface area (Å²) in [6, 6.07) is 0.973. The fraction of sp³-hybridized carbons (Fsp3) is 0.571. The van der Waals surface area contributed by atoms with E-state index in [4.69, 9.17) is 10.7 Å². The van der Waals surface area contributed by atoms with Gasteiger partial charge in [0.25, 0.3) is 0 Å². The Kier molecular flexibility index (Phi) is 5.87. The lowest BCUT2D eigenvalue weighted by Crippen LogP contribution is -2.37. The van der Waals surface area contributed by atoms with Gasteiger partial charge in [0, 0.05) is 68.6 Å². The quantitative estimate of drug-likeness (QED) is 0.625. The highest BCUT2D eigenvalue weighted by atomic mass is 79.9. The predicted molar refractivity (Wildman–Crippen MR) is 123 cm³/mol. The Bertz CT molecular complexity index is 1020. The SMILES string of the molecule is CC(C)N1CCN(C(C)C)CC(c2nc3c(-c4cnn(C)c4)cnn3c(N)c2Br)C1. The monoisotopic (exact) mass is 474 g/mol. The minimum absolute atomic E-state index is 0.246. The van der Waals surface area contributed by atoms with Crippen LogP contribution in [0.4, 0.5) is 5.82 Å². The van der Waals surface area contributed by atoms with Crippen molar-refractivity contribution in [3.05, 3.63) is 28.8 Å². The maximum absolute atomic E-state index is 6.52. The standard InChI is InChI=1S/C21H31BrN8/c1-13(2)28-6-7-29(14(3)4)12-16(11-28)19-18(22)20(23)30-21(26-19)17(9-25-30)15-8-24-27(5)10-15/h8-10,13-14,16H,6-7,11-12,23H2,1-5H3. The summed E-state index contributed by atoms with van der Waals surface area (Å²) in [6.07, 6.45) is 5.63. The van der Waals surface area contributed by atoms with E-state index in [2.05, 4.69) is 63.6 Å². The van der Waals surface area contributed by atoms with Crippen molar-refractivity contribution in [3.8, 4) is 11.1 Å². The third-order valence-corrected chi connectivity index (χ3v) is 6.91. The van der Waals surface area contributed by atoms with Gasteiger partial charge in [0.1, 0.15) is 5.82 Å². The smallest absolute Gasteiger partial charge is 0.165 e. The lowest BCUT2D eigenvalue weighted by Gasteiger charge is -2.28. The van der Waals surface area contributed by atoms with Gasteiger partial charge in [0.2, 0.25) is 0 Å². The minimum atomic E-state index is 0.246. The summed E-state index contributed by atoms with van der Waals surface area (Å²) in [6.45, 7) is 13.1. The molecule has 8 nitrogen and oxygen atoms in total. The molecule has 1 fully saturated rings. The van der Waals surface area contributed by atoms with Gasteiger partial charge in [-0.3, -0.25) is 14.5 Å². The minimum Gasteiger partial charge on any atom is -0.383 e. The molecule has 9 heteroatoms. The summed E-state index contributed by atoms with van der Waals surface area (Å²) in [7, 11) is 1.91. The van der Waals surface area contributed by atoms with Gasteiger partial charge in [-0.05, 0) is 43.6 Å². The van der Waals surface area contributed by atoms with Crippen LogP contribution < -0.4 is 5.73 Å². The van der Waals surface area contributed by atoms with Crippen molar-refractivity contribution in [3.63, 3.8) is 0 Å². The predicted octanol–water partition coefficient (Wildman–Crippen LogP) is 2.99. The van der Waals surface area contributed by atoms with Gasteiger partial charge in [-0.2, -0.15) is 14.7 Å². The molecule has 0 bridgehead atoms. The molecule has 3 aromatic heterocycles. The first-order valence-corrected chi connectivity index (χ1v) is 11.3. The van der Waals surface area contributed by atoms with E-state index in [1.165, 1.54) is 0 Å². The normalized spacial score (nSPS) is 17.5. The molecule has 0 amide bonds. The van der Waals surface area contributed by atoms with Crippen LogP contribution in [0.5, 0.6) is 0 Å². The van der Waals surface area contributed by atoms with E-state index >= 15 is 0 Å². The molecule has 0 aliphatic carbocycles. The molecule has 162 valence electrons. The molecule has 0 saturated carbocycles. The molecule has 1 aliphatic heterocycles. The van der Waals surface area contributed by atoms with E-state index in [0.717, 1.165) is 53.1 Å². The molecule has 1 aliphatic rings. The number of anilines is 1. The molecule has 3 aromatic rings. The second-order valence-electron chi connectivity index (χ2n) is 8.77. The number of rotatable bonds is 4. The molecule has 4 rings (SSSR count). The van der Waals surface area contributed by atoms with E-state index in [1.54, 1.807) is 9.20 Å². The molecule has 0 aromatic carbocycles. The third kappa shape index (κ3) is 3.86. The summed E-state index contributed by atoms with van der Waals surface area (Å²) in [4.78, 5) is 10.2.